The molecule has 1 aromatic heterocycles. The number of imide groups is 1. The topological polar surface area (TPSA) is 100 Å². The van der Waals surface area contributed by atoms with Crippen LogP contribution in [0.25, 0.3) is 17.4 Å². The van der Waals surface area contributed by atoms with Crippen LogP contribution < -0.4 is 4.90 Å². The summed E-state index contributed by atoms with van der Waals surface area (Å²) in [5, 5.41) is -0.484. The number of ether oxygens (including phenoxy) is 1. The average Bonchev–Trinajstić information content (AvgIpc) is 3.53. The van der Waals surface area contributed by atoms with Crippen LogP contribution in [0, 0.1) is 0 Å². The van der Waals surface area contributed by atoms with Crippen LogP contribution >= 0.6 is 11.8 Å². The monoisotopic (exact) mass is 531 g/mol. The van der Waals surface area contributed by atoms with Crippen LogP contribution in [-0.4, -0.2) is 72.7 Å². The standard InChI is InChI=1S/C28H25N3O6S/c1-36-27(34)20-9-7-19(8-10-20)23-12-11-22(37-23)17-24-26(33)31(28(35)38-24)18-25(32)30-15-13-29(14-16-30)21-5-3-2-4-6-21/h2-12,17H,13-16,18H2,1H3/b24-17+. The number of nitrogens with zero attached hydrogens (tertiary/aromatic N) is 3. The Labute approximate surface area is 223 Å². The van der Waals surface area contributed by atoms with Crippen molar-refractivity contribution >= 4 is 46.5 Å². The molecule has 9 nitrogen and oxygen atoms in total. The van der Waals surface area contributed by atoms with Gasteiger partial charge in [-0.1, -0.05) is 30.3 Å². The second-order valence-corrected chi connectivity index (χ2v) is 9.74. The van der Waals surface area contributed by atoms with Crippen LogP contribution in [0.4, 0.5) is 10.5 Å². The molecule has 0 aliphatic carbocycles. The summed E-state index contributed by atoms with van der Waals surface area (Å²) in [5.41, 5.74) is 2.27. The van der Waals surface area contributed by atoms with Gasteiger partial charge >= 0.3 is 5.97 Å². The molecule has 3 aromatic rings. The number of carbonyl (C=O) groups excluding carboxylic acids is 4. The van der Waals surface area contributed by atoms with Gasteiger partial charge in [-0.2, -0.15) is 0 Å². The lowest BCUT2D eigenvalue weighted by Crippen LogP contribution is -2.51. The number of hydrogen-bond acceptors (Lipinski definition) is 8. The number of thioether (sulfide) groups is 1. The molecule has 3 amide bonds. The molecular formula is C28H25N3O6S. The van der Waals surface area contributed by atoms with E-state index in [4.69, 9.17) is 9.15 Å². The molecule has 38 heavy (non-hydrogen) atoms. The molecule has 0 atom stereocenters. The van der Waals surface area contributed by atoms with Crippen LogP contribution in [0.15, 0.2) is 76.1 Å². The maximum Gasteiger partial charge on any atom is 0.337 e. The fourth-order valence-electron chi connectivity index (χ4n) is 4.33. The van der Waals surface area contributed by atoms with Crippen LogP contribution in [0.2, 0.25) is 0 Å². The fraction of sp³-hybridized carbons (Fsp3) is 0.214. The van der Waals surface area contributed by atoms with E-state index >= 15 is 0 Å². The zero-order chi connectivity index (χ0) is 26.6. The van der Waals surface area contributed by atoms with Crippen molar-refractivity contribution in [1.82, 2.24) is 9.80 Å². The highest BCUT2D eigenvalue weighted by Gasteiger charge is 2.37. The Kier molecular flexibility index (Phi) is 7.32. The average molecular weight is 532 g/mol. The molecule has 0 unspecified atom stereocenters. The first-order valence-corrected chi connectivity index (χ1v) is 12.9. The molecule has 0 radical (unpaired) electrons. The Morgan fingerprint density at radius 2 is 1.66 bits per heavy atom. The Morgan fingerprint density at radius 1 is 0.947 bits per heavy atom. The van der Waals surface area contributed by atoms with Gasteiger partial charge < -0.3 is 19.0 Å². The van der Waals surface area contributed by atoms with Crippen LogP contribution in [-0.2, 0) is 14.3 Å². The first kappa shape index (κ1) is 25.3. The second kappa shape index (κ2) is 11.0. The molecule has 2 aromatic carbocycles. The van der Waals surface area contributed by atoms with E-state index < -0.39 is 17.1 Å². The number of piperazine rings is 1. The van der Waals surface area contributed by atoms with Crippen molar-refractivity contribution < 1.29 is 28.3 Å². The third-order valence-corrected chi connectivity index (χ3v) is 7.32. The Hall–Kier alpha value is -4.31. The van der Waals surface area contributed by atoms with Crippen molar-refractivity contribution in [3.8, 4) is 11.3 Å². The number of para-hydroxylation sites is 1. The molecule has 0 bridgehead atoms. The Morgan fingerprint density at radius 3 is 2.34 bits per heavy atom. The number of anilines is 1. The lowest BCUT2D eigenvalue weighted by Gasteiger charge is -2.36. The van der Waals surface area contributed by atoms with Gasteiger partial charge in [0.2, 0.25) is 5.91 Å². The summed E-state index contributed by atoms with van der Waals surface area (Å²) in [5.74, 6) is -0.267. The molecule has 0 N–H and O–H groups in total. The molecule has 10 heteroatoms. The van der Waals surface area contributed by atoms with Crippen molar-refractivity contribution in [3.63, 3.8) is 0 Å². The van der Waals surface area contributed by atoms with E-state index in [9.17, 15) is 19.2 Å². The Balaban J connectivity index is 1.20. The van der Waals surface area contributed by atoms with Crippen molar-refractivity contribution in [3.05, 3.63) is 83.0 Å². The molecule has 2 saturated heterocycles. The zero-order valence-electron chi connectivity index (χ0n) is 20.7. The normalized spacial score (nSPS) is 16.9. The SMILES string of the molecule is COC(=O)c1ccc(-c2ccc(/C=C3/SC(=O)N(CC(=O)N4CCN(c5ccccc5)CC4)C3=O)o2)cc1. The van der Waals surface area contributed by atoms with Gasteiger partial charge in [0.15, 0.2) is 0 Å². The van der Waals surface area contributed by atoms with E-state index in [1.54, 1.807) is 41.3 Å². The lowest BCUT2D eigenvalue weighted by atomic mass is 10.1. The van der Waals surface area contributed by atoms with Crippen molar-refractivity contribution in [2.75, 3.05) is 44.7 Å². The Bertz CT molecular complexity index is 1390. The van der Waals surface area contributed by atoms with Gasteiger partial charge in [0, 0.05) is 43.5 Å². The van der Waals surface area contributed by atoms with Gasteiger partial charge in [-0.25, -0.2) is 4.79 Å². The summed E-state index contributed by atoms with van der Waals surface area (Å²) >= 11 is 0.784. The molecule has 2 fully saturated rings. The van der Waals surface area contributed by atoms with E-state index in [1.807, 2.05) is 30.3 Å². The first-order chi connectivity index (χ1) is 18.4. The maximum absolute atomic E-state index is 12.9. The minimum atomic E-state index is -0.517. The molecule has 0 spiro atoms. The predicted molar refractivity (Wildman–Crippen MR) is 143 cm³/mol. The summed E-state index contributed by atoms with van der Waals surface area (Å²) in [6.45, 7) is 2.13. The number of carbonyl (C=O) groups is 4. The molecule has 3 heterocycles. The molecule has 5 rings (SSSR count). The molecule has 2 aliphatic rings. The van der Waals surface area contributed by atoms with Crippen molar-refractivity contribution in [1.29, 1.82) is 0 Å². The smallest absolute Gasteiger partial charge is 0.337 e. The third kappa shape index (κ3) is 5.35. The van der Waals surface area contributed by atoms with E-state index in [0.717, 1.165) is 27.9 Å². The zero-order valence-corrected chi connectivity index (χ0v) is 21.5. The minimum absolute atomic E-state index is 0.193. The van der Waals surface area contributed by atoms with Gasteiger partial charge in [-0.3, -0.25) is 19.3 Å². The highest BCUT2D eigenvalue weighted by Crippen LogP contribution is 2.33. The summed E-state index contributed by atoms with van der Waals surface area (Å²) in [7, 11) is 1.32. The summed E-state index contributed by atoms with van der Waals surface area (Å²) in [6.07, 6.45) is 1.50. The highest BCUT2D eigenvalue weighted by molar-refractivity contribution is 8.18. The van der Waals surface area contributed by atoms with Gasteiger partial charge in [0.1, 0.15) is 18.1 Å². The molecule has 2 aliphatic heterocycles. The van der Waals surface area contributed by atoms with Gasteiger partial charge in [-0.15, -0.1) is 0 Å². The number of hydrogen-bond donors (Lipinski definition) is 0. The predicted octanol–water partition coefficient (Wildman–Crippen LogP) is 4.12. The van der Waals surface area contributed by atoms with Gasteiger partial charge in [-0.05, 0) is 48.2 Å². The second-order valence-electron chi connectivity index (χ2n) is 8.74. The third-order valence-electron chi connectivity index (χ3n) is 6.41. The number of methoxy groups -OCH3 is 1. The minimum Gasteiger partial charge on any atom is -0.465 e. The lowest BCUT2D eigenvalue weighted by molar-refractivity contribution is -0.136. The number of rotatable bonds is 6. The van der Waals surface area contributed by atoms with Gasteiger partial charge in [0.25, 0.3) is 11.1 Å². The van der Waals surface area contributed by atoms with E-state index in [2.05, 4.69) is 4.90 Å². The fourth-order valence-corrected chi connectivity index (χ4v) is 5.15. The number of benzene rings is 2. The number of amides is 3. The van der Waals surface area contributed by atoms with Crippen LogP contribution in [0.3, 0.4) is 0 Å². The molecular weight excluding hydrogens is 506 g/mol. The van der Waals surface area contributed by atoms with Crippen molar-refractivity contribution in [2.24, 2.45) is 0 Å². The summed E-state index contributed by atoms with van der Waals surface area (Å²) in [4.78, 5) is 55.1. The highest BCUT2D eigenvalue weighted by atomic mass is 32.2. The van der Waals surface area contributed by atoms with Crippen LogP contribution in [0.5, 0.6) is 0 Å². The van der Waals surface area contributed by atoms with Gasteiger partial charge in [0.05, 0.1) is 17.6 Å². The van der Waals surface area contributed by atoms with E-state index in [1.165, 1.54) is 13.2 Å². The first-order valence-electron chi connectivity index (χ1n) is 12.0. The van der Waals surface area contributed by atoms with Crippen LogP contribution in [0.1, 0.15) is 16.1 Å². The largest absolute Gasteiger partial charge is 0.465 e. The maximum atomic E-state index is 12.9. The summed E-state index contributed by atoms with van der Waals surface area (Å²) in [6, 6.07) is 20.1. The number of furan rings is 1. The van der Waals surface area contributed by atoms with Crippen molar-refractivity contribution in [2.45, 2.75) is 0 Å². The number of esters is 1. The van der Waals surface area contributed by atoms with E-state index in [0.29, 0.717) is 43.3 Å². The quantitative estimate of drug-likeness (QED) is 0.346. The van der Waals surface area contributed by atoms with E-state index in [-0.39, 0.29) is 17.4 Å². The molecule has 0 saturated carbocycles. The summed E-state index contributed by atoms with van der Waals surface area (Å²) < 4.78 is 10.5. The molecule has 194 valence electrons.